The summed E-state index contributed by atoms with van der Waals surface area (Å²) in [5.41, 5.74) is 3.73. The van der Waals surface area contributed by atoms with Crippen LogP contribution in [-0.4, -0.2) is 22.4 Å². The lowest BCUT2D eigenvalue weighted by Crippen LogP contribution is -2.35. The molecule has 2 N–H and O–H groups in total. The first-order valence-electron chi connectivity index (χ1n) is 11.5. The first-order chi connectivity index (χ1) is 13.4. The van der Waals surface area contributed by atoms with Crippen molar-refractivity contribution < 1.29 is 10.2 Å². The zero-order valence-corrected chi connectivity index (χ0v) is 18.2. The van der Waals surface area contributed by atoms with Crippen molar-refractivity contribution in [3.8, 4) is 0 Å². The van der Waals surface area contributed by atoms with E-state index in [4.69, 9.17) is 0 Å². The summed E-state index contributed by atoms with van der Waals surface area (Å²) in [6.07, 6.45) is 18.3. The molecule has 0 heterocycles. The van der Waals surface area contributed by atoms with Gasteiger partial charge in [0.2, 0.25) is 0 Å². The first-order valence-corrected chi connectivity index (χ1v) is 11.5. The van der Waals surface area contributed by atoms with Crippen LogP contribution in [0, 0.1) is 23.2 Å². The standard InChI is InChI=1S/C26H40O2/c1-5-6-7-9-18(2)22-13-14-23-21(10-8-15-26(22,23)4)12-11-20-16-24(27)19(3)25(28)17-20/h7,9,11-12,18,22-25,27-28H,3,5-6,8,10,13-17H2,1-2,4H3/b9-7+,21-12+/t18-,22+,23-,24+,25+,26+/m0/s1. The van der Waals surface area contributed by atoms with Crippen molar-refractivity contribution in [1.29, 1.82) is 0 Å². The van der Waals surface area contributed by atoms with Crippen LogP contribution in [0.4, 0.5) is 0 Å². The van der Waals surface area contributed by atoms with E-state index in [0.29, 0.717) is 35.7 Å². The lowest BCUT2D eigenvalue weighted by atomic mass is 9.61. The highest BCUT2D eigenvalue weighted by atomic mass is 16.3. The predicted molar refractivity (Wildman–Crippen MR) is 118 cm³/mol. The van der Waals surface area contributed by atoms with Crippen LogP contribution in [0.2, 0.25) is 0 Å². The number of aliphatic hydroxyl groups is 2. The molecule has 2 heteroatoms. The topological polar surface area (TPSA) is 40.5 Å². The molecule has 156 valence electrons. The van der Waals surface area contributed by atoms with Gasteiger partial charge in [0, 0.05) is 0 Å². The number of unbranched alkanes of at least 4 members (excludes halogenated alkanes) is 1. The van der Waals surface area contributed by atoms with Crippen molar-refractivity contribution in [2.45, 2.75) is 90.8 Å². The first kappa shape index (κ1) is 21.6. The van der Waals surface area contributed by atoms with Crippen LogP contribution in [0.1, 0.15) is 78.6 Å². The van der Waals surface area contributed by atoms with Gasteiger partial charge in [-0.15, -0.1) is 0 Å². The fourth-order valence-corrected chi connectivity index (χ4v) is 6.18. The Hall–Kier alpha value is -1.12. The van der Waals surface area contributed by atoms with E-state index in [1.165, 1.54) is 44.9 Å². The van der Waals surface area contributed by atoms with Crippen LogP contribution >= 0.6 is 0 Å². The maximum Gasteiger partial charge on any atom is 0.0809 e. The van der Waals surface area contributed by atoms with E-state index < -0.39 is 12.2 Å². The molecular weight excluding hydrogens is 344 g/mol. The minimum absolute atomic E-state index is 0.415. The van der Waals surface area contributed by atoms with Gasteiger partial charge < -0.3 is 10.2 Å². The Kier molecular flexibility index (Phi) is 7.04. The molecule has 2 nitrogen and oxygen atoms in total. The molecule has 0 aliphatic heterocycles. The summed E-state index contributed by atoms with van der Waals surface area (Å²) in [7, 11) is 0. The van der Waals surface area contributed by atoms with Crippen LogP contribution in [0.15, 0.2) is 47.6 Å². The van der Waals surface area contributed by atoms with Crippen molar-refractivity contribution in [2.24, 2.45) is 23.2 Å². The quantitative estimate of drug-likeness (QED) is 0.561. The third-order valence-electron chi connectivity index (χ3n) is 7.87. The molecule has 0 amide bonds. The zero-order valence-electron chi connectivity index (χ0n) is 18.2. The highest BCUT2D eigenvalue weighted by Crippen LogP contribution is 2.59. The van der Waals surface area contributed by atoms with Crippen molar-refractivity contribution in [2.75, 3.05) is 0 Å². The van der Waals surface area contributed by atoms with Gasteiger partial charge in [-0.1, -0.05) is 69.2 Å². The van der Waals surface area contributed by atoms with Crippen molar-refractivity contribution in [1.82, 2.24) is 0 Å². The molecule has 3 aliphatic rings. The third-order valence-corrected chi connectivity index (χ3v) is 7.87. The number of aliphatic hydroxyl groups excluding tert-OH is 2. The Morgan fingerprint density at radius 1 is 1.18 bits per heavy atom. The Balaban J connectivity index is 1.74. The maximum absolute atomic E-state index is 10.1. The number of allylic oxidation sites excluding steroid dienone is 5. The van der Waals surface area contributed by atoms with E-state index in [-0.39, 0.29) is 0 Å². The van der Waals surface area contributed by atoms with Crippen LogP contribution in [0.25, 0.3) is 0 Å². The molecule has 6 atom stereocenters. The van der Waals surface area contributed by atoms with Crippen molar-refractivity contribution in [3.05, 3.63) is 47.6 Å². The van der Waals surface area contributed by atoms with Crippen LogP contribution in [-0.2, 0) is 0 Å². The second-order valence-corrected chi connectivity index (χ2v) is 9.75. The lowest BCUT2D eigenvalue weighted by molar-refractivity contribution is 0.112. The van der Waals surface area contributed by atoms with Gasteiger partial charge in [0.1, 0.15) is 0 Å². The van der Waals surface area contributed by atoms with Crippen LogP contribution in [0.5, 0.6) is 0 Å². The molecule has 0 aromatic heterocycles. The van der Waals surface area contributed by atoms with Gasteiger partial charge >= 0.3 is 0 Å². The Labute approximate surface area is 172 Å². The monoisotopic (exact) mass is 384 g/mol. The molecular formula is C26H40O2. The predicted octanol–water partition coefficient (Wildman–Crippen LogP) is 6.12. The number of hydrogen-bond acceptors (Lipinski definition) is 2. The molecule has 0 aromatic carbocycles. The number of rotatable bonds is 5. The van der Waals surface area contributed by atoms with Crippen LogP contribution < -0.4 is 0 Å². The Bertz CT molecular complexity index is 639. The van der Waals surface area contributed by atoms with Gasteiger partial charge in [0.05, 0.1) is 12.2 Å². The SMILES string of the molecule is C=C1[C@H](O)CC(=C/C=C2\CCC[C@]3(C)[C@@H]([C@@H](C)/C=C/CCC)CC[C@@H]23)C[C@H]1O. The van der Waals surface area contributed by atoms with Gasteiger partial charge in [-0.25, -0.2) is 0 Å². The van der Waals surface area contributed by atoms with Gasteiger partial charge in [-0.05, 0) is 80.1 Å². The molecule has 0 aromatic rings. The molecule has 0 spiro atoms. The molecule has 3 saturated carbocycles. The summed E-state index contributed by atoms with van der Waals surface area (Å²) in [5, 5.41) is 20.2. The van der Waals surface area contributed by atoms with E-state index in [9.17, 15) is 10.2 Å². The number of hydrogen-bond donors (Lipinski definition) is 2. The zero-order chi connectivity index (χ0) is 20.3. The number of fused-ring (bicyclic) bond motifs is 1. The molecule has 3 fully saturated rings. The highest BCUT2D eigenvalue weighted by molar-refractivity contribution is 5.29. The van der Waals surface area contributed by atoms with E-state index in [2.05, 4.69) is 51.7 Å². The van der Waals surface area contributed by atoms with E-state index in [1.807, 2.05) is 0 Å². The summed E-state index contributed by atoms with van der Waals surface area (Å²) in [6, 6.07) is 0. The van der Waals surface area contributed by atoms with Gasteiger partial charge in [-0.3, -0.25) is 0 Å². The van der Waals surface area contributed by atoms with Crippen LogP contribution in [0.3, 0.4) is 0 Å². The van der Waals surface area contributed by atoms with E-state index >= 15 is 0 Å². The second-order valence-electron chi connectivity index (χ2n) is 9.75. The van der Waals surface area contributed by atoms with Crippen molar-refractivity contribution in [3.63, 3.8) is 0 Å². The summed E-state index contributed by atoms with van der Waals surface area (Å²) < 4.78 is 0. The molecule has 0 radical (unpaired) electrons. The highest BCUT2D eigenvalue weighted by Gasteiger charge is 2.50. The average Bonchev–Trinajstić information content (AvgIpc) is 3.02. The van der Waals surface area contributed by atoms with Crippen molar-refractivity contribution >= 4 is 0 Å². The molecule has 0 unspecified atom stereocenters. The molecule has 28 heavy (non-hydrogen) atoms. The van der Waals surface area contributed by atoms with E-state index in [1.54, 1.807) is 5.57 Å². The Morgan fingerprint density at radius 3 is 2.57 bits per heavy atom. The summed E-state index contributed by atoms with van der Waals surface area (Å²) in [6.45, 7) is 11.0. The van der Waals surface area contributed by atoms with Gasteiger partial charge in [-0.2, -0.15) is 0 Å². The average molecular weight is 385 g/mol. The third kappa shape index (κ3) is 4.39. The molecule has 3 aliphatic carbocycles. The largest absolute Gasteiger partial charge is 0.388 e. The smallest absolute Gasteiger partial charge is 0.0809 e. The normalized spacial score (nSPS) is 38.8. The Morgan fingerprint density at radius 2 is 1.89 bits per heavy atom. The fraction of sp³-hybridized carbons (Fsp3) is 0.692. The lowest BCUT2D eigenvalue weighted by Gasteiger charge is -2.44. The fourth-order valence-electron chi connectivity index (χ4n) is 6.18. The van der Waals surface area contributed by atoms with Gasteiger partial charge in [0.15, 0.2) is 0 Å². The minimum atomic E-state index is -0.600. The second kappa shape index (κ2) is 9.13. The molecule has 3 rings (SSSR count). The minimum Gasteiger partial charge on any atom is -0.388 e. The van der Waals surface area contributed by atoms with Gasteiger partial charge in [0.25, 0.3) is 0 Å². The maximum atomic E-state index is 10.1. The molecule has 0 bridgehead atoms. The molecule has 0 saturated heterocycles. The summed E-state index contributed by atoms with van der Waals surface area (Å²) in [5.74, 6) is 2.14. The van der Waals surface area contributed by atoms with E-state index in [0.717, 1.165) is 11.5 Å². The summed E-state index contributed by atoms with van der Waals surface area (Å²) >= 11 is 0. The summed E-state index contributed by atoms with van der Waals surface area (Å²) in [4.78, 5) is 0.